The summed E-state index contributed by atoms with van der Waals surface area (Å²) in [4.78, 5) is 41.6. The highest BCUT2D eigenvalue weighted by atomic mass is 79.9. The molecule has 0 saturated carbocycles. The predicted octanol–water partition coefficient (Wildman–Crippen LogP) is 1.68. The van der Waals surface area contributed by atoms with Gasteiger partial charge in [0.1, 0.15) is 11.6 Å². The molecule has 8 nitrogen and oxygen atoms in total. The number of hydrogen-bond donors (Lipinski definition) is 2. The molecule has 1 aromatic carbocycles. The summed E-state index contributed by atoms with van der Waals surface area (Å²) in [5.41, 5.74) is -0.852. The Bertz CT molecular complexity index is 944. The number of fused-ring (bicyclic) bond motifs is 1. The van der Waals surface area contributed by atoms with Crippen LogP contribution in [0.2, 0.25) is 5.02 Å². The molecule has 3 fully saturated rings. The first-order chi connectivity index (χ1) is 14.8. The van der Waals surface area contributed by atoms with Gasteiger partial charge in [0, 0.05) is 17.9 Å². The molecular formula is C21H22BrClN2O6. The van der Waals surface area contributed by atoms with Gasteiger partial charge in [-0.2, -0.15) is 0 Å². The number of likely N-dealkylation sites (tertiary alicyclic amines) is 1. The van der Waals surface area contributed by atoms with Crippen LogP contribution in [0, 0.1) is 11.8 Å². The Morgan fingerprint density at radius 1 is 1.42 bits per heavy atom. The number of alkyl halides is 1. The molecule has 0 aromatic heterocycles. The number of benzene rings is 1. The fraction of sp³-hybridized carbons (Fsp3) is 0.476. The maximum atomic E-state index is 13.9. The van der Waals surface area contributed by atoms with E-state index in [-0.39, 0.29) is 24.5 Å². The molecule has 2 bridgehead atoms. The van der Waals surface area contributed by atoms with Crippen LogP contribution < -0.4 is 4.90 Å². The Balaban J connectivity index is 1.82. The van der Waals surface area contributed by atoms with Crippen LogP contribution in [0.3, 0.4) is 0 Å². The molecule has 3 unspecified atom stereocenters. The van der Waals surface area contributed by atoms with Crippen LogP contribution in [0.5, 0.6) is 0 Å². The second-order valence-corrected chi connectivity index (χ2v) is 9.53. The number of aliphatic hydroxyl groups excluding tert-OH is 1. The van der Waals surface area contributed by atoms with Crippen LogP contribution in [-0.4, -0.2) is 75.2 Å². The lowest BCUT2D eigenvalue weighted by molar-refractivity contribution is -0.149. The molecule has 1 aromatic rings. The monoisotopic (exact) mass is 512 g/mol. The molecule has 3 heterocycles. The highest BCUT2D eigenvalue weighted by molar-refractivity contribution is 9.09. The van der Waals surface area contributed by atoms with E-state index in [2.05, 4.69) is 22.5 Å². The van der Waals surface area contributed by atoms with Crippen LogP contribution >= 0.6 is 27.5 Å². The van der Waals surface area contributed by atoms with Gasteiger partial charge in [0.05, 0.1) is 35.3 Å². The number of halogens is 2. The van der Waals surface area contributed by atoms with E-state index in [0.717, 1.165) is 0 Å². The van der Waals surface area contributed by atoms with E-state index in [1.807, 2.05) is 0 Å². The summed E-state index contributed by atoms with van der Waals surface area (Å²) in [5, 5.41) is 19.7. The number of para-hydroxylation sites is 1. The van der Waals surface area contributed by atoms with E-state index < -0.39 is 47.4 Å². The summed E-state index contributed by atoms with van der Waals surface area (Å²) < 4.78 is 6.17. The second kappa shape index (κ2) is 8.20. The van der Waals surface area contributed by atoms with E-state index in [4.69, 9.17) is 16.3 Å². The van der Waals surface area contributed by atoms with Gasteiger partial charge in [0.25, 0.3) is 5.91 Å². The van der Waals surface area contributed by atoms with Crippen molar-refractivity contribution in [2.45, 2.75) is 29.0 Å². The summed E-state index contributed by atoms with van der Waals surface area (Å²) >= 11 is 9.83. The van der Waals surface area contributed by atoms with Crippen LogP contribution in [0.1, 0.15) is 6.42 Å². The molecular weight excluding hydrogens is 492 g/mol. The molecule has 31 heavy (non-hydrogen) atoms. The Hall–Kier alpha value is -1.94. The highest BCUT2D eigenvalue weighted by Crippen LogP contribution is 2.60. The number of aliphatic carboxylic acids is 1. The molecule has 10 heteroatoms. The Labute approximate surface area is 192 Å². The number of hydrogen-bond acceptors (Lipinski definition) is 5. The van der Waals surface area contributed by atoms with Crippen molar-refractivity contribution in [2.75, 3.05) is 24.6 Å². The largest absolute Gasteiger partial charge is 0.481 e. The van der Waals surface area contributed by atoms with Crippen LogP contribution in [0.4, 0.5) is 5.69 Å². The zero-order chi connectivity index (χ0) is 22.5. The van der Waals surface area contributed by atoms with Crippen LogP contribution in [0.25, 0.3) is 0 Å². The minimum Gasteiger partial charge on any atom is -0.481 e. The van der Waals surface area contributed by atoms with Crippen molar-refractivity contribution in [3.8, 4) is 0 Å². The number of aliphatic hydroxyl groups is 1. The van der Waals surface area contributed by atoms with Gasteiger partial charge in [-0.1, -0.05) is 45.7 Å². The van der Waals surface area contributed by atoms with Gasteiger partial charge in [-0.15, -0.1) is 6.58 Å². The summed E-state index contributed by atoms with van der Waals surface area (Å²) in [5.74, 6) is -4.15. The first-order valence-corrected chi connectivity index (χ1v) is 11.2. The molecule has 2 amide bonds. The van der Waals surface area contributed by atoms with Crippen molar-refractivity contribution in [3.05, 3.63) is 41.9 Å². The number of β-amino-alcohol motifs (C(OH)–C–C–N with tert-alkyl or cyclic N) is 1. The molecule has 3 aliphatic heterocycles. The zero-order valence-corrected chi connectivity index (χ0v) is 18.8. The van der Waals surface area contributed by atoms with Gasteiger partial charge in [0.15, 0.2) is 0 Å². The van der Waals surface area contributed by atoms with Crippen molar-refractivity contribution in [1.82, 2.24) is 4.90 Å². The number of carboxylic acids is 1. The molecule has 0 radical (unpaired) electrons. The lowest BCUT2D eigenvalue weighted by Gasteiger charge is -2.37. The number of rotatable bonds is 7. The minimum absolute atomic E-state index is 0.106. The average molecular weight is 514 g/mol. The van der Waals surface area contributed by atoms with E-state index in [1.54, 1.807) is 30.3 Å². The summed E-state index contributed by atoms with van der Waals surface area (Å²) in [6, 6.07) is 5.72. The number of amides is 2. The Morgan fingerprint density at radius 2 is 2.13 bits per heavy atom. The summed E-state index contributed by atoms with van der Waals surface area (Å²) in [7, 11) is 0. The number of anilines is 1. The van der Waals surface area contributed by atoms with E-state index in [9.17, 15) is 24.6 Å². The Kier molecular flexibility index (Phi) is 5.89. The second-order valence-electron chi connectivity index (χ2n) is 7.95. The maximum absolute atomic E-state index is 13.9. The third kappa shape index (κ3) is 3.21. The smallest absolute Gasteiger partial charge is 0.310 e. The SMILES string of the molecule is C=CCN(C(=O)C1N(CCO)C(=O)[C@@H]2[C@@H](C(=O)O)[C@@H]3OC12CC3Br)c1ccccc1Cl. The number of nitrogens with zero attached hydrogens (tertiary/aromatic N) is 2. The predicted molar refractivity (Wildman–Crippen MR) is 116 cm³/mol. The van der Waals surface area contributed by atoms with Crippen LogP contribution in [0.15, 0.2) is 36.9 Å². The standard InChI is InChI=1S/C21H22BrClN2O6/c1-2-7-24(13-6-4-3-5-12(13)23)19(28)17-21-10-11(22)16(31-21)14(20(29)30)15(21)18(27)25(17)8-9-26/h2-6,11,14-17,26H,1,7-10H2,(H,29,30)/t11?,14-,15+,16-,17?,21?/m1/s1. The summed E-state index contributed by atoms with van der Waals surface area (Å²) in [6.07, 6.45) is 1.14. The fourth-order valence-electron chi connectivity index (χ4n) is 5.29. The van der Waals surface area contributed by atoms with Gasteiger partial charge in [-0.05, 0) is 18.6 Å². The first kappa shape index (κ1) is 22.3. The van der Waals surface area contributed by atoms with Crippen molar-refractivity contribution < 1.29 is 29.3 Å². The highest BCUT2D eigenvalue weighted by Gasteiger charge is 2.76. The van der Waals surface area contributed by atoms with E-state index in [1.165, 1.54) is 9.80 Å². The van der Waals surface area contributed by atoms with Crippen molar-refractivity contribution in [2.24, 2.45) is 11.8 Å². The van der Waals surface area contributed by atoms with Crippen molar-refractivity contribution in [3.63, 3.8) is 0 Å². The number of carbonyl (C=O) groups excluding carboxylic acids is 2. The molecule has 3 saturated heterocycles. The molecule has 166 valence electrons. The molecule has 0 aliphatic carbocycles. The van der Waals surface area contributed by atoms with Gasteiger partial charge >= 0.3 is 5.97 Å². The lowest BCUT2D eigenvalue weighted by atomic mass is 9.70. The minimum atomic E-state index is -1.30. The number of carboxylic acid groups (broad SMARTS) is 1. The quantitative estimate of drug-likeness (QED) is 0.424. The van der Waals surface area contributed by atoms with Crippen molar-refractivity contribution >= 4 is 51.0 Å². The average Bonchev–Trinajstić information content (AvgIpc) is 3.31. The molecule has 3 aliphatic rings. The van der Waals surface area contributed by atoms with Crippen LogP contribution in [-0.2, 0) is 19.1 Å². The number of ether oxygens (including phenoxy) is 1. The maximum Gasteiger partial charge on any atom is 0.310 e. The van der Waals surface area contributed by atoms with Gasteiger partial charge in [0.2, 0.25) is 5.91 Å². The molecule has 4 rings (SSSR count). The normalized spacial score (nSPS) is 33.5. The summed E-state index contributed by atoms with van der Waals surface area (Å²) in [6.45, 7) is 3.37. The van der Waals surface area contributed by atoms with E-state index in [0.29, 0.717) is 17.1 Å². The topological polar surface area (TPSA) is 107 Å². The number of carbonyl (C=O) groups is 3. The third-order valence-electron chi connectivity index (χ3n) is 6.37. The molecule has 1 spiro atoms. The van der Waals surface area contributed by atoms with Gasteiger partial charge in [-0.25, -0.2) is 0 Å². The zero-order valence-electron chi connectivity index (χ0n) is 16.5. The van der Waals surface area contributed by atoms with Gasteiger partial charge < -0.3 is 24.7 Å². The Morgan fingerprint density at radius 3 is 2.74 bits per heavy atom. The lowest BCUT2D eigenvalue weighted by Crippen LogP contribution is -2.57. The third-order valence-corrected chi connectivity index (χ3v) is 7.53. The van der Waals surface area contributed by atoms with Crippen molar-refractivity contribution in [1.29, 1.82) is 0 Å². The van der Waals surface area contributed by atoms with Gasteiger partial charge in [-0.3, -0.25) is 14.4 Å². The van der Waals surface area contributed by atoms with E-state index >= 15 is 0 Å². The fourth-order valence-corrected chi connectivity index (χ4v) is 6.47. The first-order valence-electron chi connectivity index (χ1n) is 9.91. The molecule has 6 atom stereocenters. The molecule has 2 N–H and O–H groups in total.